The Bertz CT molecular complexity index is 688. The van der Waals surface area contributed by atoms with E-state index < -0.39 is 40.4 Å². The minimum atomic E-state index is -1.38. The first-order chi connectivity index (χ1) is 10.8. The second kappa shape index (κ2) is 6.11. The van der Waals surface area contributed by atoms with Gasteiger partial charge in [-0.25, -0.2) is 0 Å². The van der Waals surface area contributed by atoms with E-state index in [4.69, 9.17) is 4.74 Å². The maximum atomic E-state index is 12.5. The average molecular weight is 321 g/mol. The van der Waals surface area contributed by atoms with Crippen molar-refractivity contribution in [2.75, 3.05) is 4.90 Å². The maximum Gasteiger partial charge on any atom is 0.366 e. The van der Waals surface area contributed by atoms with Crippen LogP contribution in [-0.2, 0) is 14.4 Å². The van der Waals surface area contributed by atoms with Gasteiger partial charge in [-0.3, -0.25) is 19.3 Å². The van der Waals surface area contributed by atoms with E-state index in [1.807, 2.05) is 0 Å². The Labute approximate surface area is 131 Å². The zero-order chi connectivity index (χ0) is 17.3. The number of aromatic nitrogens is 1. The number of rotatable bonds is 5. The second-order valence-electron chi connectivity index (χ2n) is 5.10. The van der Waals surface area contributed by atoms with Crippen LogP contribution in [0.25, 0.3) is 0 Å². The van der Waals surface area contributed by atoms with Crippen molar-refractivity contribution in [3.05, 3.63) is 22.2 Å². The van der Waals surface area contributed by atoms with Gasteiger partial charge in [-0.2, -0.15) is 0 Å². The fourth-order valence-electron chi connectivity index (χ4n) is 2.41. The van der Waals surface area contributed by atoms with E-state index in [1.54, 1.807) is 6.92 Å². The minimum absolute atomic E-state index is 0.120. The lowest BCUT2D eigenvalue weighted by Crippen LogP contribution is -2.55. The van der Waals surface area contributed by atoms with Gasteiger partial charge in [-0.15, -0.1) is 0 Å². The summed E-state index contributed by atoms with van der Waals surface area (Å²) in [5, 5.41) is 10.9. The molecule has 0 aliphatic carbocycles. The van der Waals surface area contributed by atoms with Crippen molar-refractivity contribution < 1.29 is 24.0 Å². The molecule has 9 nitrogen and oxygen atoms in total. The van der Waals surface area contributed by atoms with Crippen LogP contribution in [0.5, 0.6) is 5.75 Å². The first-order valence-corrected chi connectivity index (χ1v) is 6.94. The molecule has 1 aliphatic rings. The number of carbonyl (C=O) groups excluding carboxylic acids is 3. The molecule has 0 fully saturated rings. The Kier molecular flexibility index (Phi) is 4.39. The Morgan fingerprint density at radius 1 is 1.39 bits per heavy atom. The highest BCUT2D eigenvalue weighted by molar-refractivity contribution is 6.15. The number of amides is 1. The summed E-state index contributed by atoms with van der Waals surface area (Å²) in [5.41, 5.74) is 0. The molecule has 2 heterocycles. The van der Waals surface area contributed by atoms with Crippen LogP contribution in [0, 0.1) is 10.1 Å². The SMILES string of the molecule is CCC1Oc2ccc([N+](=O)[O-])nc2N(C(C(C)=O)C(C)=O)C1=O. The third kappa shape index (κ3) is 2.89. The Morgan fingerprint density at radius 2 is 2.00 bits per heavy atom. The molecule has 23 heavy (non-hydrogen) atoms. The summed E-state index contributed by atoms with van der Waals surface area (Å²) in [6.45, 7) is 4.06. The molecule has 0 aromatic carbocycles. The van der Waals surface area contributed by atoms with E-state index in [-0.39, 0.29) is 11.6 Å². The van der Waals surface area contributed by atoms with Crippen molar-refractivity contribution in [2.45, 2.75) is 39.3 Å². The van der Waals surface area contributed by atoms with Gasteiger partial charge < -0.3 is 14.9 Å². The van der Waals surface area contributed by atoms with Crippen molar-refractivity contribution in [2.24, 2.45) is 0 Å². The molecule has 1 aromatic heterocycles. The summed E-state index contributed by atoms with van der Waals surface area (Å²) in [7, 11) is 0. The number of nitrogens with zero attached hydrogens (tertiary/aromatic N) is 3. The van der Waals surface area contributed by atoms with Crippen LogP contribution < -0.4 is 9.64 Å². The van der Waals surface area contributed by atoms with Crippen molar-refractivity contribution in [1.82, 2.24) is 4.98 Å². The molecule has 0 saturated carbocycles. The van der Waals surface area contributed by atoms with E-state index in [2.05, 4.69) is 4.98 Å². The lowest BCUT2D eigenvalue weighted by atomic mass is 10.0. The molecule has 122 valence electrons. The molecular formula is C14H15N3O6. The van der Waals surface area contributed by atoms with E-state index in [1.165, 1.54) is 19.9 Å². The number of Topliss-reactive ketones (excluding diaryl/α,β-unsaturated/α-hetero) is 2. The second-order valence-corrected chi connectivity index (χ2v) is 5.10. The van der Waals surface area contributed by atoms with E-state index in [0.29, 0.717) is 6.42 Å². The van der Waals surface area contributed by atoms with Gasteiger partial charge >= 0.3 is 5.82 Å². The van der Waals surface area contributed by atoms with Crippen molar-refractivity contribution in [3.8, 4) is 5.75 Å². The standard InChI is InChI=1S/C14H15N3O6/c1-4-9-14(20)16(12(7(2)18)8(3)19)13-10(23-9)5-6-11(15-13)17(21)22/h5-6,9,12H,4H2,1-3H3. The van der Waals surface area contributed by atoms with Crippen LogP contribution in [0.1, 0.15) is 27.2 Å². The third-order valence-corrected chi connectivity index (χ3v) is 3.42. The molecule has 0 saturated heterocycles. The van der Waals surface area contributed by atoms with Gasteiger partial charge in [0.2, 0.25) is 0 Å². The number of fused-ring (bicyclic) bond motifs is 1. The smallest absolute Gasteiger partial charge is 0.366 e. The van der Waals surface area contributed by atoms with Crippen LogP contribution in [0.3, 0.4) is 0 Å². The number of anilines is 1. The van der Waals surface area contributed by atoms with E-state index in [0.717, 1.165) is 11.0 Å². The highest BCUT2D eigenvalue weighted by atomic mass is 16.6. The van der Waals surface area contributed by atoms with Crippen molar-refractivity contribution in [1.29, 1.82) is 0 Å². The molecule has 0 bridgehead atoms. The third-order valence-electron chi connectivity index (χ3n) is 3.42. The average Bonchev–Trinajstić information content (AvgIpc) is 2.48. The minimum Gasteiger partial charge on any atom is -0.474 e. The predicted octanol–water partition coefficient (Wildman–Crippen LogP) is 1.04. The van der Waals surface area contributed by atoms with Crippen molar-refractivity contribution in [3.63, 3.8) is 0 Å². The molecule has 0 N–H and O–H groups in total. The van der Waals surface area contributed by atoms with Crippen LogP contribution in [-0.4, -0.2) is 39.5 Å². The number of carbonyl (C=O) groups is 3. The largest absolute Gasteiger partial charge is 0.474 e. The molecule has 1 atom stereocenters. The van der Waals surface area contributed by atoms with Crippen LogP contribution in [0.2, 0.25) is 0 Å². The molecule has 0 spiro atoms. The van der Waals surface area contributed by atoms with Crippen LogP contribution >= 0.6 is 0 Å². The molecule has 1 aliphatic heterocycles. The highest BCUT2D eigenvalue weighted by Crippen LogP contribution is 2.36. The maximum absolute atomic E-state index is 12.5. The summed E-state index contributed by atoms with van der Waals surface area (Å²) in [5.74, 6) is -2.31. The topological polar surface area (TPSA) is 120 Å². The monoisotopic (exact) mass is 321 g/mol. The fraction of sp³-hybridized carbons (Fsp3) is 0.429. The summed E-state index contributed by atoms with van der Waals surface area (Å²) in [6.07, 6.45) is -0.569. The van der Waals surface area contributed by atoms with Gasteiger partial charge in [-0.05, 0) is 36.2 Å². The van der Waals surface area contributed by atoms with Gasteiger partial charge in [0.15, 0.2) is 29.5 Å². The first kappa shape index (κ1) is 16.5. The lowest BCUT2D eigenvalue weighted by molar-refractivity contribution is -0.389. The molecule has 1 unspecified atom stereocenters. The molecule has 9 heteroatoms. The Hall–Kier alpha value is -2.84. The normalized spacial score (nSPS) is 16.8. The van der Waals surface area contributed by atoms with Gasteiger partial charge in [0.05, 0.1) is 0 Å². The van der Waals surface area contributed by atoms with Crippen molar-refractivity contribution >= 4 is 29.1 Å². The highest BCUT2D eigenvalue weighted by Gasteiger charge is 2.45. The molecule has 1 amide bonds. The number of ketones is 2. The summed E-state index contributed by atoms with van der Waals surface area (Å²) in [6, 6.07) is 1.06. The Balaban J connectivity index is 2.65. The lowest BCUT2D eigenvalue weighted by Gasteiger charge is -2.33. The van der Waals surface area contributed by atoms with E-state index >= 15 is 0 Å². The number of nitro groups is 1. The van der Waals surface area contributed by atoms with Crippen LogP contribution in [0.4, 0.5) is 11.6 Å². The summed E-state index contributed by atoms with van der Waals surface area (Å²) in [4.78, 5) is 51.1. The number of hydrogen-bond acceptors (Lipinski definition) is 7. The van der Waals surface area contributed by atoms with Crippen LogP contribution in [0.15, 0.2) is 12.1 Å². The molecule has 2 rings (SSSR count). The zero-order valence-corrected chi connectivity index (χ0v) is 12.8. The quantitative estimate of drug-likeness (QED) is 0.451. The van der Waals surface area contributed by atoms with Gasteiger partial charge in [0.25, 0.3) is 11.7 Å². The zero-order valence-electron chi connectivity index (χ0n) is 12.8. The molecule has 1 aromatic rings. The fourth-order valence-corrected chi connectivity index (χ4v) is 2.41. The van der Waals surface area contributed by atoms with E-state index in [9.17, 15) is 24.5 Å². The van der Waals surface area contributed by atoms with Gasteiger partial charge in [-0.1, -0.05) is 6.92 Å². The molecule has 0 radical (unpaired) electrons. The number of pyridine rings is 1. The van der Waals surface area contributed by atoms with Gasteiger partial charge in [0, 0.05) is 6.07 Å². The number of ether oxygens (including phenoxy) is 1. The predicted molar refractivity (Wildman–Crippen MR) is 78.2 cm³/mol. The van der Waals surface area contributed by atoms with Gasteiger partial charge in [0.1, 0.15) is 0 Å². The Morgan fingerprint density at radius 3 is 2.48 bits per heavy atom. The molecular weight excluding hydrogens is 306 g/mol. The summed E-state index contributed by atoms with van der Waals surface area (Å²) < 4.78 is 5.47. The summed E-state index contributed by atoms with van der Waals surface area (Å²) >= 11 is 0. The number of hydrogen-bond donors (Lipinski definition) is 0. The first-order valence-electron chi connectivity index (χ1n) is 6.94.